The number of nitrogens with zero attached hydrogens (tertiary/aromatic N) is 2. The molecule has 1 aromatic carbocycles. The third kappa shape index (κ3) is 8.47. The lowest BCUT2D eigenvalue weighted by atomic mass is 9.79. The van der Waals surface area contributed by atoms with Gasteiger partial charge in [-0.15, -0.1) is 0 Å². The average Bonchev–Trinajstić information content (AvgIpc) is 3.01. The lowest BCUT2D eigenvalue weighted by molar-refractivity contribution is -0.127. The highest BCUT2D eigenvalue weighted by atomic mass is 79.9. The molecular weight excluding hydrogens is 632 g/mol. The Labute approximate surface area is 261 Å². The van der Waals surface area contributed by atoms with E-state index in [2.05, 4.69) is 48.2 Å². The van der Waals surface area contributed by atoms with Crippen LogP contribution in [0.3, 0.4) is 0 Å². The number of nitrogens with two attached hydrogens (primary N) is 1. The van der Waals surface area contributed by atoms with Crippen LogP contribution in [0.2, 0.25) is 0 Å². The molecule has 0 spiro atoms. The second kappa shape index (κ2) is 15.0. The highest BCUT2D eigenvalue weighted by Crippen LogP contribution is 2.37. The van der Waals surface area contributed by atoms with Gasteiger partial charge in [-0.05, 0) is 74.0 Å². The maximum absolute atomic E-state index is 14.2. The Hall–Kier alpha value is -3.19. The predicted molar refractivity (Wildman–Crippen MR) is 172 cm³/mol. The first-order chi connectivity index (χ1) is 20.6. The molecule has 1 fully saturated rings. The molecule has 1 aliphatic heterocycles. The van der Waals surface area contributed by atoms with Crippen molar-refractivity contribution >= 4 is 49.1 Å². The van der Waals surface area contributed by atoms with E-state index in [4.69, 9.17) is 5.73 Å². The van der Waals surface area contributed by atoms with Crippen molar-refractivity contribution in [1.82, 2.24) is 20.0 Å². The maximum atomic E-state index is 14.2. The summed E-state index contributed by atoms with van der Waals surface area (Å²) in [5, 5.41) is 6.09. The summed E-state index contributed by atoms with van der Waals surface area (Å²) in [6, 6.07) is 11.1. The fraction of sp³-hybridized carbons (Fsp3) is 0.419. The highest BCUT2D eigenvalue weighted by Gasteiger charge is 2.36. The molecule has 230 valence electrons. The summed E-state index contributed by atoms with van der Waals surface area (Å²) in [5.41, 5.74) is 7.72. The molecule has 2 aromatic heterocycles. The third-order valence-corrected chi connectivity index (χ3v) is 9.80. The summed E-state index contributed by atoms with van der Waals surface area (Å²) in [6.07, 6.45) is 6.60. The van der Waals surface area contributed by atoms with E-state index in [1.54, 1.807) is 49.6 Å². The van der Waals surface area contributed by atoms with Crippen LogP contribution in [-0.4, -0.2) is 49.2 Å². The van der Waals surface area contributed by atoms with Gasteiger partial charge < -0.3 is 16.4 Å². The van der Waals surface area contributed by atoms with Crippen molar-refractivity contribution in [3.05, 3.63) is 64.9 Å². The zero-order valence-corrected chi connectivity index (χ0v) is 26.9. The van der Waals surface area contributed by atoms with Gasteiger partial charge in [-0.3, -0.25) is 14.6 Å². The summed E-state index contributed by atoms with van der Waals surface area (Å²) in [4.78, 5) is 35.0. The Balaban J connectivity index is 1.70. The number of amides is 1. The Bertz CT molecular complexity index is 1520. The quantitative estimate of drug-likeness (QED) is 0.204. The van der Waals surface area contributed by atoms with Crippen molar-refractivity contribution in [2.75, 3.05) is 24.1 Å². The van der Waals surface area contributed by atoms with Crippen molar-refractivity contribution in [3.8, 4) is 11.3 Å². The van der Waals surface area contributed by atoms with Crippen molar-refractivity contribution in [2.24, 2.45) is 11.8 Å². The molecular formula is C31H39BrN6O4S. The number of aromatic nitrogens is 2. The van der Waals surface area contributed by atoms with Gasteiger partial charge in [0.05, 0.1) is 17.4 Å². The predicted octanol–water partition coefficient (Wildman–Crippen LogP) is 4.71. The van der Waals surface area contributed by atoms with Gasteiger partial charge in [-0.2, -0.15) is 0 Å². The van der Waals surface area contributed by atoms with Crippen LogP contribution in [0.25, 0.3) is 11.3 Å². The first-order valence-corrected chi connectivity index (χ1v) is 16.9. The number of carbonyl (C=O) groups excluding carboxylic acids is 2. The molecule has 1 amide bonds. The molecule has 5 N–H and O–H groups in total. The van der Waals surface area contributed by atoms with Crippen molar-refractivity contribution < 1.29 is 18.0 Å². The Morgan fingerprint density at radius 1 is 1.16 bits per heavy atom. The Morgan fingerprint density at radius 3 is 2.65 bits per heavy atom. The number of Topliss-reactive ketones (excluding diaryl/α,β-unsaturated/α-hetero) is 1. The fourth-order valence-corrected chi connectivity index (χ4v) is 7.53. The van der Waals surface area contributed by atoms with Crippen LogP contribution >= 0.6 is 15.9 Å². The van der Waals surface area contributed by atoms with Crippen LogP contribution in [0.1, 0.15) is 51.5 Å². The average molecular weight is 672 g/mol. The minimum Gasteiger partial charge on any atom is -0.384 e. The van der Waals surface area contributed by atoms with Crippen LogP contribution < -0.4 is 21.1 Å². The monoisotopic (exact) mass is 670 g/mol. The van der Waals surface area contributed by atoms with Crippen molar-refractivity contribution in [3.63, 3.8) is 0 Å². The van der Waals surface area contributed by atoms with Crippen LogP contribution in [0.4, 0.5) is 11.5 Å². The largest absolute Gasteiger partial charge is 0.384 e. The Kier molecular flexibility index (Phi) is 11.4. The molecule has 0 bridgehead atoms. The number of anilines is 2. The Morgan fingerprint density at radius 2 is 1.98 bits per heavy atom. The first kappa shape index (κ1) is 32.7. The second-order valence-corrected chi connectivity index (χ2v) is 13.4. The smallest absolute Gasteiger partial charge is 0.243 e. The van der Waals surface area contributed by atoms with Gasteiger partial charge in [0.2, 0.25) is 15.9 Å². The number of pyridine rings is 2. The zero-order chi connectivity index (χ0) is 31.0. The topological polar surface area (TPSA) is 156 Å². The van der Waals surface area contributed by atoms with E-state index < -0.39 is 16.1 Å². The summed E-state index contributed by atoms with van der Waals surface area (Å²) < 4.78 is 31.6. The molecule has 0 aliphatic carbocycles. The number of rotatable bonds is 13. The molecule has 0 saturated carbocycles. The van der Waals surface area contributed by atoms with E-state index in [9.17, 15) is 18.0 Å². The number of benzene rings is 1. The van der Waals surface area contributed by atoms with Gasteiger partial charge >= 0.3 is 0 Å². The van der Waals surface area contributed by atoms with Gasteiger partial charge in [0, 0.05) is 41.3 Å². The van der Waals surface area contributed by atoms with Crippen LogP contribution in [0, 0.1) is 11.8 Å². The SMILES string of the molecule is CCC(=O)Nc1c(-c2ccccn2)cc(Br)cc1S(=O)(=O)N[C@@H](CCCc1ccc(N)nc1)C(=O)C1CNCCC1CC. The maximum Gasteiger partial charge on any atom is 0.243 e. The molecule has 2 unspecified atom stereocenters. The van der Waals surface area contributed by atoms with Crippen molar-refractivity contribution in [1.29, 1.82) is 0 Å². The molecule has 12 heteroatoms. The van der Waals surface area contributed by atoms with Crippen LogP contribution in [0.5, 0.6) is 0 Å². The lowest BCUT2D eigenvalue weighted by Gasteiger charge is -2.33. The van der Waals surface area contributed by atoms with Gasteiger partial charge in [0.25, 0.3) is 0 Å². The summed E-state index contributed by atoms with van der Waals surface area (Å²) >= 11 is 3.45. The number of hydrogen-bond acceptors (Lipinski definition) is 8. The number of aryl methyl sites for hydroxylation is 1. The number of carbonyl (C=O) groups is 2. The number of ketones is 1. The molecule has 1 aliphatic rings. The number of nitrogens with one attached hydrogen (secondary N) is 3. The first-order valence-electron chi connectivity index (χ1n) is 14.6. The number of hydrogen-bond donors (Lipinski definition) is 4. The summed E-state index contributed by atoms with van der Waals surface area (Å²) in [7, 11) is -4.30. The zero-order valence-electron chi connectivity index (χ0n) is 24.5. The van der Waals surface area contributed by atoms with Crippen LogP contribution in [0.15, 0.2) is 64.2 Å². The lowest BCUT2D eigenvalue weighted by Crippen LogP contribution is -2.50. The minimum absolute atomic E-state index is 0.117. The van der Waals surface area contributed by atoms with E-state index >= 15 is 0 Å². The number of nitrogen functional groups attached to an aromatic ring is 1. The number of sulfonamides is 1. The van der Waals surface area contributed by atoms with Gasteiger partial charge in [-0.1, -0.05) is 48.3 Å². The van der Waals surface area contributed by atoms with Gasteiger partial charge in [0.15, 0.2) is 5.78 Å². The molecule has 4 rings (SSSR count). The molecule has 3 aromatic rings. The molecule has 43 heavy (non-hydrogen) atoms. The second-order valence-electron chi connectivity index (χ2n) is 10.8. The van der Waals surface area contributed by atoms with Crippen LogP contribution in [-0.2, 0) is 26.0 Å². The number of piperidine rings is 1. The van der Waals surface area contributed by atoms with E-state index in [1.165, 1.54) is 6.07 Å². The molecule has 3 heterocycles. The molecule has 0 radical (unpaired) electrons. The number of halogens is 1. The minimum atomic E-state index is -4.30. The molecule has 3 atom stereocenters. The van der Waals surface area contributed by atoms with E-state index in [1.807, 2.05) is 6.07 Å². The normalized spacial score (nSPS) is 17.7. The molecule has 1 saturated heterocycles. The standard InChI is InChI=1S/C31H39BrN6O4S/c1-3-21-13-15-34-19-24(21)31(40)26(10-7-8-20-11-12-28(33)36-18-20)38-43(41,42)27-17-22(32)16-23(25-9-5-6-14-35-25)30(27)37-29(39)4-2/h5-6,9,11-12,14,16-18,21,24,26,34,38H,3-4,7-8,10,13,15,19H2,1-2H3,(H2,33,36)(H,37,39)/t21?,24?,26-/m0/s1. The summed E-state index contributed by atoms with van der Waals surface area (Å²) in [6.45, 7) is 5.09. The van der Waals surface area contributed by atoms with Crippen molar-refractivity contribution in [2.45, 2.75) is 63.3 Å². The van der Waals surface area contributed by atoms with Gasteiger partial charge in [-0.25, -0.2) is 18.1 Å². The highest BCUT2D eigenvalue weighted by molar-refractivity contribution is 9.10. The van der Waals surface area contributed by atoms with E-state index in [-0.39, 0.29) is 40.5 Å². The fourth-order valence-electron chi connectivity index (χ4n) is 5.47. The third-order valence-electron chi connectivity index (χ3n) is 7.84. The van der Waals surface area contributed by atoms with E-state index in [0.717, 1.165) is 24.9 Å². The summed E-state index contributed by atoms with van der Waals surface area (Å²) in [5.74, 6) is -0.194. The van der Waals surface area contributed by atoms with Gasteiger partial charge in [0.1, 0.15) is 10.7 Å². The van der Waals surface area contributed by atoms with E-state index in [0.29, 0.717) is 47.4 Å². The molecule has 10 nitrogen and oxygen atoms in total.